The third-order valence-electron chi connectivity index (χ3n) is 3.08. The number of hydrogen-bond donors (Lipinski definition) is 1. The van der Waals surface area contributed by atoms with Crippen LogP contribution in [-0.2, 0) is 4.74 Å². The molecule has 0 radical (unpaired) electrons. The topological polar surface area (TPSA) is 54.5 Å². The first-order valence-electron chi connectivity index (χ1n) is 6.11. The first kappa shape index (κ1) is 13.3. The van der Waals surface area contributed by atoms with Crippen LogP contribution in [0.4, 0.5) is 5.13 Å². The second-order valence-electron chi connectivity index (χ2n) is 4.56. The van der Waals surface area contributed by atoms with Crippen LogP contribution < -0.4 is 5.32 Å². The van der Waals surface area contributed by atoms with Crippen LogP contribution in [0, 0.1) is 6.92 Å². The van der Waals surface area contributed by atoms with Crippen molar-refractivity contribution in [2.45, 2.75) is 25.8 Å². The third kappa shape index (κ3) is 3.20. The highest BCUT2D eigenvalue weighted by atomic mass is 32.1. The molecule has 100 valence electrons. The van der Waals surface area contributed by atoms with Crippen LogP contribution in [0.1, 0.15) is 28.2 Å². The molecule has 1 aromatic rings. The van der Waals surface area contributed by atoms with Crippen LogP contribution in [0.3, 0.4) is 0 Å². The molecule has 2 rings (SSSR count). The normalized spacial score (nSPS) is 14.9. The molecule has 0 aromatic carbocycles. The summed E-state index contributed by atoms with van der Waals surface area (Å²) in [7, 11) is 3.53. The number of carbonyl (C=O) groups is 1. The molecule has 0 spiro atoms. The summed E-state index contributed by atoms with van der Waals surface area (Å²) in [5.74, 6) is -0.312. The molecule has 0 atom stereocenters. The van der Waals surface area contributed by atoms with Crippen molar-refractivity contribution in [2.24, 2.45) is 0 Å². The molecule has 0 aliphatic heterocycles. The Morgan fingerprint density at radius 1 is 1.61 bits per heavy atom. The Morgan fingerprint density at radius 3 is 2.94 bits per heavy atom. The number of aromatic nitrogens is 1. The van der Waals surface area contributed by atoms with E-state index in [1.54, 1.807) is 0 Å². The zero-order valence-corrected chi connectivity index (χ0v) is 11.8. The number of anilines is 1. The number of methoxy groups -OCH3 is 1. The van der Waals surface area contributed by atoms with Gasteiger partial charge in [0.05, 0.1) is 12.8 Å². The molecule has 6 heteroatoms. The van der Waals surface area contributed by atoms with E-state index in [0.29, 0.717) is 4.88 Å². The first-order chi connectivity index (χ1) is 8.61. The number of aryl methyl sites for hydroxylation is 1. The summed E-state index contributed by atoms with van der Waals surface area (Å²) in [6.45, 7) is 3.67. The Hall–Kier alpha value is -1.14. The average molecular weight is 269 g/mol. The summed E-state index contributed by atoms with van der Waals surface area (Å²) in [5, 5.41) is 4.05. The lowest BCUT2D eigenvalue weighted by atomic mass is 10.4. The average Bonchev–Trinajstić information content (AvgIpc) is 3.13. The standard InChI is InChI=1S/C12H19N3O2S/c1-8-10(11(16)17-3)18-12(14-8)13-6-7-15(2)9-4-5-9/h9H,4-7H2,1-3H3,(H,13,14). The van der Waals surface area contributed by atoms with E-state index in [2.05, 4.69) is 22.2 Å². The number of ether oxygens (including phenoxy) is 1. The van der Waals surface area contributed by atoms with Gasteiger partial charge < -0.3 is 15.0 Å². The van der Waals surface area contributed by atoms with Gasteiger partial charge in [-0.1, -0.05) is 11.3 Å². The van der Waals surface area contributed by atoms with Crippen LogP contribution in [0.5, 0.6) is 0 Å². The molecule has 0 saturated heterocycles. The van der Waals surface area contributed by atoms with Gasteiger partial charge in [0.25, 0.3) is 0 Å². The Kier molecular flexibility index (Phi) is 4.19. The number of carbonyl (C=O) groups excluding carboxylic acids is 1. The molecule has 0 bridgehead atoms. The Bertz CT molecular complexity index is 429. The van der Waals surface area contributed by atoms with E-state index in [1.165, 1.54) is 31.3 Å². The molecule has 0 unspecified atom stereocenters. The maximum absolute atomic E-state index is 11.4. The summed E-state index contributed by atoms with van der Waals surface area (Å²) in [4.78, 5) is 18.7. The van der Waals surface area contributed by atoms with Gasteiger partial charge in [-0.2, -0.15) is 0 Å². The van der Waals surface area contributed by atoms with E-state index >= 15 is 0 Å². The van der Waals surface area contributed by atoms with E-state index in [4.69, 9.17) is 4.74 Å². The molecule has 1 fully saturated rings. The molecule has 18 heavy (non-hydrogen) atoms. The maximum Gasteiger partial charge on any atom is 0.350 e. The zero-order chi connectivity index (χ0) is 13.1. The van der Waals surface area contributed by atoms with Crippen LogP contribution in [0.15, 0.2) is 0 Å². The van der Waals surface area contributed by atoms with Crippen LogP contribution >= 0.6 is 11.3 Å². The molecule has 1 aliphatic rings. The number of rotatable bonds is 6. The van der Waals surface area contributed by atoms with E-state index in [-0.39, 0.29) is 5.97 Å². The molecular weight excluding hydrogens is 250 g/mol. The summed E-state index contributed by atoms with van der Waals surface area (Å²) in [6, 6.07) is 0.774. The van der Waals surface area contributed by atoms with E-state index in [9.17, 15) is 4.79 Å². The zero-order valence-electron chi connectivity index (χ0n) is 11.0. The van der Waals surface area contributed by atoms with Gasteiger partial charge in [-0.3, -0.25) is 0 Å². The Balaban J connectivity index is 1.83. The fourth-order valence-electron chi connectivity index (χ4n) is 1.79. The van der Waals surface area contributed by atoms with E-state index in [1.807, 2.05) is 6.92 Å². The summed E-state index contributed by atoms with van der Waals surface area (Å²) in [5.41, 5.74) is 0.727. The number of esters is 1. The third-order valence-corrected chi connectivity index (χ3v) is 4.17. The quantitative estimate of drug-likeness (QED) is 0.797. The predicted octanol–water partition coefficient (Wildman–Crippen LogP) is 1.74. The van der Waals surface area contributed by atoms with Crippen LogP contribution in [-0.4, -0.2) is 49.1 Å². The van der Waals surface area contributed by atoms with Crippen molar-refractivity contribution in [3.63, 3.8) is 0 Å². The van der Waals surface area contributed by atoms with Crippen molar-refractivity contribution in [3.8, 4) is 0 Å². The largest absolute Gasteiger partial charge is 0.465 e. The smallest absolute Gasteiger partial charge is 0.350 e. The van der Waals surface area contributed by atoms with Crippen LogP contribution in [0.25, 0.3) is 0 Å². The summed E-state index contributed by atoms with van der Waals surface area (Å²) in [6.07, 6.45) is 2.64. The highest BCUT2D eigenvalue weighted by molar-refractivity contribution is 7.17. The van der Waals surface area contributed by atoms with E-state index in [0.717, 1.165) is 30.0 Å². The van der Waals surface area contributed by atoms with Crippen molar-refractivity contribution in [1.82, 2.24) is 9.88 Å². The lowest BCUT2D eigenvalue weighted by Gasteiger charge is -2.15. The maximum atomic E-state index is 11.4. The SMILES string of the molecule is COC(=O)c1sc(NCCN(C)C2CC2)nc1C. The molecule has 0 amide bonds. The predicted molar refractivity (Wildman–Crippen MR) is 72.3 cm³/mol. The minimum Gasteiger partial charge on any atom is -0.465 e. The fourth-order valence-corrected chi connectivity index (χ4v) is 2.70. The highest BCUT2D eigenvalue weighted by Gasteiger charge is 2.25. The van der Waals surface area contributed by atoms with Crippen molar-refractivity contribution in [2.75, 3.05) is 32.6 Å². The number of thiazole rings is 1. The molecule has 1 heterocycles. The number of nitrogens with one attached hydrogen (secondary N) is 1. The molecular formula is C12H19N3O2S. The van der Waals surface area contributed by atoms with Gasteiger partial charge in [-0.05, 0) is 26.8 Å². The van der Waals surface area contributed by atoms with Gasteiger partial charge in [-0.25, -0.2) is 9.78 Å². The van der Waals surface area contributed by atoms with Crippen molar-refractivity contribution >= 4 is 22.4 Å². The van der Waals surface area contributed by atoms with Crippen molar-refractivity contribution in [3.05, 3.63) is 10.6 Å². The molecule has 1 N–H and O–H groups in total. The van der Waals surface area contributed by atoms with Gasteiger partial charge in [0.1, 0.15) is 4.88 Å². The van der Waals surface area contributed by atoms with Gasteiger partial charge in [0.15, 0.2) is 5.13 Å². The number of likely N-dealkylation sites (N-methyl/N-ethyl adjacent to an activating group) is 1. The Labute approximate surface area is 111 Å². The van der Waals surface area contributed by atoms with Gasteiger partial charge >= 0.3 is 5.97 Å². The number of hydrogen-bond acceptors (Lipinski definition) is 6. The lowest BCUT2D eigenvalue weighted by molar-refractivity contribution is 0.0605. The summed E-state index contributed by atoms with van der Waals surface area (Å²) < 4.78 is 4.71. The minimum atomic E-state index is -0.312. The molecule has 1 saturated carbocycles. The number of nitrogens with zero attached hydrogens (tertiary/aromatic N) is 2. The molecule has 1 aliphatic carbocycles. The first-order valence-corrected chi connectivity index (χ1v) is 6.93. The van der Waals surface area contributed by atoms with Crippen molar-refractivity contribution in [1.29, 1.82) is 0 Å². The minimum absolute atomic E-state index is 0.312. The second kappa shape index (κ2) is 5.67. The second-order valence-corrected chi connectivity index (χ2v) is 5.56. The van der Waals surface area contributed by atoms with Gasteiger partial charge in [0, 0.05) is 19.1 Å². The molecule has 5 nitrogen and oxygen atoms in total. The van der Waals surface area contributed by atoms with Crippen molar-refractivity contribution < 1.29 is 9.53 Å². The summed E-state index contributed by atoms with van der Waals surface area (Å²) >= 11 is 1.35. The monoisotopic (exact) mass is 269 g/mol. The van der Waals surface area contributed by atoms with Crippen LogP contribution in [0.2, 0.25) is 0 Å². The molecule has 1 aromatic heterocycles. The van der Waals surface area contributed by atoms with Gasteiger partial charge in [-0.15, -0.1) is 0 Å². The lowest BCUT2D eigenvalue weighted by Crippen LogP contribution is -2.26. The van der Waals surface area contributed by atoms with Gasteiger partial charge in [0.2, 0.25) is 0 Å². The fraction of sp³-hybridized carbons (Fsp3) is 0.667. The Morgan fingerprint density at radius 2 is 2.33 bits per heavy atom. The van der Waals surface area contributed by atoms with E-state index < -0.39 is 0 Å². The highest BCUT2D eigenvalue weighted by Crippen LogP contribution is 2.25.